The Morgan fingerprint density at radius 2 is 1.74 bits per heavy atom. The van der Waals surface area contributed by atoms with Crippen molar-refractivity contribution in [3.63, 3.8) is 0 Å². The minimum absolute atomic E-state index is 0.131. The molecule has 0 bridgehead atoms. The van der Waals surface area contributed by atoms with Crippen LogP contribution in [0.25, 0.3) is 0 Å². The van der Waals surface area contributed by atoms with E-state index in [0.29, 0.717) is 11.7 Å². The van der Waals surface area contributed by atoms with Crippen molar-refractivity contribution in [2.75, 3.05) is 5.32 Å². The number of anilines is 1. The number of thiocarbonyl (C=S) groups is 1. The normalized spacial score (nSPS) is 9.89. The minimum Gasteiger partial charge on any atom is -0.504 e. The molecule has 0 aromatic heterocycles. The number of nitrogens with one attached hydrogen (secondary N) is 2. The standard InChI is InChI=1S/C14H14N2O2S/c17-12-7-6-10(8-13(12)18)9-15-14(19)16-11-4-2-1-3-5-11/h1-8,17-18H,9H2,(H2,15,16,19). The Labute approximate surface area is 116 Å². The number of hydrogen-bond acceptors (Lipinski definition) is 3. The summed E-state index contributed by atoms with van der Waals surface area (Å²) < 4.78 is 0. The highest BCUT2D eigenvalue weighted by Crippen LogP contribution is 2.24. The van der Waals surface area contributed by atoms with Crippen LogP contribution in [-0.4, -0.2) is 15.3 Å². The lowest BCUT2D eigenvalue weighted by molar-refractivity contribution is 0.403. The number of hydrogen-bond donors (Lipinski definition) is 4. The topological polar surface area (TPSA) is 64.5 Å². The predicted molar refractivity (Wildman–Crippen MR) is 79.3 cm³/mol. The monoisotopic (exact) mass is 274 g/mol. The molecule has 0 radical (unpaired) electrons. The van der Waals surface area contributed by atoms with Crippen LogP contribution in [0.1, 0.15) is 5.56 Å². The summed E-state index contributed by atoms with van der Waals surface area (Å²) in [6.45, 7) is 0.465. The summed E-state index contributed by atoms with van der Waals surface area (Å²) in [5.41, 5.74) is 1.74. The Hall–Kier alpha value is -2.27. The zero-order chi connectivity index (χ0) is 13.7. The van der Waals surface area contributed by atoms with Crippen LogP contribution in [0, 0.1) is 0 Å². The van der Waals surface area contributed by atoms with Gasteiger partial charge >= 0.3 is 0 Å². The summed E-state index contributed by atoms with van der Waals surface area (Å²) in [7, 11) is 0. The Balaban J connectivity index is 1.88. The first-order valence-electron chi connectivity index (χ1n) is 5.76. The summed E-state index contributed by atoms with van der Waals surface area (Å²) in [4.78, 5) is 0. The van der Waals surface area contributed by atoms with Gasteiger partial charge in [0.15, 0.2) is 16.6 Å². The molecular weight excluding hydrogens is 260 g/mol. The second-order valence-corrected chi connectivity index (χ2v) is 4.41. The van der Waals surface area contributed by atoms with Crippen molar-refractivity contribution in [3.05, 3.63) is 54.1 Å². The van der Waals surface area contributed by atoms with E-state index in [-0.39, 0.29) is 11.5 Å². The van der Waals surface area contributed by atoms with Crippen LogP contribution >= 0.6 is 12.2 Å². The maximum atomic E-state index is 9.37. The van der Waals surface area contributed by atoms with E-state index in [2.05, 4.69) is 10.6 Å². The molecule has 4 N–H and O–H groups in total. The number of benzene rings is 2. The average Bonchev–Trinajstić information content (AvgIpc) is 2.41. The fourth-order valence-electron chi connectivity index (χ4n) is 1.56. The molecule has 0 heterocycles. The SMILES string of the molecule is Oc1ccc(CNC(=S)Nc2ccccc2)cc1O. The van der Waals surface area contributed by atoms with Crippen molar-refractivity contribution in [2.24, 2.45) is 0 Å². The predicted octanol–water partition coefficient (Wildman–Crippen LogP) is 2.58. The molecule has 0 unspecified atom stereocenters. The van der Waals surface area contributed by atoms with Gasteiger partial charge in [0.1, 0.15) is 0 Å². The minimum atomic E-state index is -0.138. The van der Waals surface area contributed by atoms with E-state index in [4.69, 9.17) is 12.2 Å². The van der Waals surface area contributed by atoms with Crippen LogP contribution in [0.15, 0.2) is 48.5 Å². The molecule has 0 aliphatic carbocycles. The Kier molecular flexibility index (Phi) is 4.20. The van der Waals surface area contributed by atoms with Gasteiger partial charge in [-0.15, -0.1) is 0 Å². The van der Waals surface area contributed by atoms with E-state index >= 15 is 0 Å². The number of rotatable bonds is 3. The van der Waals surface area contributed by atoms with Crippen LogP contribution in [0.5, 0.6) is 11.5 Å². The molecule has 19 heavy (non-hydrogen) atoms. The zero-order valence-electron chi connectivity index (χ0n) is 10.1. The van der Waals surface area contributed by atoms with E-state index in [9.17, 15) is 10.2 Å². The van der Waals surface area contributed by atoms with E-state index in [1.807, 2.05) is 30.3 Å². The number of para-hydroxylation sites is 1. The highest BCUT2D eigenvalue weighted by Gasteiger charge is 2.01. The van der Waals surface area contributed by atoms with E-state index in [1.54, 1.807) is 6.07 Å². The second kappa shape index (κ2) is 6.06. The molecule has 5 heteroatoms. The molecule has 2 aromatic rings. The molecular formula is C14H14N2O2S. The third-order valence-electron chi connectivity index (χ3n) is 2.52. The maximum Gasteiger partial charge on any atom is 0.171 e. The summed E-state index contributed by atoms with van der Waals surface area (Å²) in [6, 6.07) is 14.3. The lowest BCUT2D eigenvalue weighted by Gasteiger charge is -2.10. The Morgan fingerprint density at radius 3 is 2.42 bits per heavy atom. The van der Waals surface area contributed by atoms with Crippen LogP contribution in [0.3, 0.4) is 0 Å². The van der Waals surface area contributed by atoms with Gasteiger partial charge in [0, 0.05) is 12.2 Å². The van der Waals surface area contributed by atoms with Gasteiger partial charge in [-0.1, -0.05) is 24.3 Å². The first-order valence-corrected chi connectivity index (χ1v) is 6.17. The molecule has 2 rings (SSSR count). The summed E-state index contributed by atoms with van der Waals surface area (Å²) in [5, 5.41) is 25.1. The second-order valence-electron chi connectivity index (χ2n) is 4.00. The van der Waals surface area contributed by atoms with Crippen molar-refractivity contribution in [2.45, 2.75) is 6.54 Å². The maximum absolute atomic E-state index is 9.37. The molecule has 0 fully saturated rings. The fraction of sp³-hybridized carbons (Fsp3) is 0.0714. The number of aromatic hydroxyl groups is 2. The lowest BCUT2D eigenvalue weighted by Crippen LogP contribution is -2.27. The summed E-state index contributed by atoms with van der Waals surface area (Å²) in [6.07, 6.45) is 0. The van der Waals surface area contributed by atoms with E-state index < -0.39 is 0 Å². The van der Waals surface area contributed by atoms with E-state index in [1.165, 1.54) is 12.1 Å². The first kappa shape index (κ1) is 13.2. The third-order valence-corrected chi connectivity index (χ3v) is 2.77. The van der Waals surface area contributed by atoms with Crippen molar-refractivity contribution >= 4 is 23.0 Å². The lowest BCUT2D eigenvalue weighted by atomic mass is 10.2. The molecule has 0 saturated heterocycles. The molecule has 4 nitrogen and oxygen atoms in total. The third kappa shape index (κ3) is 3.86. The molecule has 0 saturated carbocycles. The van der Waals surface area contributed by atoms with Gasteiger partial charge in [0.25, 0.3) is 0 Å². The molecule has 98 valence electrons. The highest BCUT2D eigenvalue weighted by molar-refractivity contribution is 7.80. The highest BCUT2D eigenvalue weighted by atomic mass is 32.1. The van der Waals surface area contributed by atoms with E-state index in [0.717, 1.165) is 11.3 Å². The van der Waals surface area contributed by atoms with Crippen LogP contribution in [0.4, 0.5) is 5.69 Å². The van der Waals surface area contributed by atoms with Crippen molar-refractivity contribution in [1.29, 1.82) is 0 Å². The van der Waals surface area contributed by atoms with Crippen LogP contribution in [-0.2, 0) is 6.54 Å². The van der Waals surface area contributed by atoms with Gasteiger partial charge in [0.2, 0.25) is 0 Å². The molecule has 0 atom stereocenters. The van der Waals surface area contributed by atoms with Gasteiger partial charge in [0.05, 0.1) is 0 Å². The molecule has 0 aliphatic heterocycles. The quantitative estimate of drug-likeness (QED) is 0.512. The zero-order valence-corrected chi connectivity index (χ0v) is 10.9. The number of phenolic OH excluding ortho intramolecular Hbond substituents is 2. The first-order chi connectivity index (χ1) is 9.15. The average molecular weight is 274 g/mol. The van der Waals surface area contributed by atoms with Crippen molar-refractivity contribution in [1.82, 2.24) is 5.32 Å². The van der Waals surface area contributed by atoms with Gasteiger partial charge in [-0.3, -0.25) is 0 Å². The fourth-order valence-corrected chi connectivity index (χ4v) is 1.75. The smallest absolute Gasteiger partial charge is 0.171 e. The van der Waals surface area contributed by atoms with Crippen molar-refractivity contribution in [3.8, 4) is 11.5 Å². The molecule has 0 amide bonds. The molecule has 0 aliphatic rings. The Morgan fingerprint density at radius 1 is 1.00 bits per heavy atom. The van der Waals surface area contributed by atoms with Gasteiger partial charge in [-0.25, -0.2) is 0 Å². The van der Waals surface area contributed by atoms with Gasteiger partial charge in [-0.2, -0.15) is 0 Å². The molecule has 0 spiro atoms. The van der Waals surface area contributed by atoms with Crippen LogP contribution in [0.2, 0.25) is 0 Å². The van der Waals surface area contributed by atoms with Crippen molar-refractivity contribution < 1.29 is 10.2 Å². The largest absolute Gasteiger partial charge is 0.504 e. The summed E-state index contributed by atoms with van der Waals surface area (Å²) >= 11 is 5.16. The molecule has 2 aromatic carbocycles. The number of phenols is 2. The van der Waals surface area contributed by atoms with Gasteiger partial charge < -0.3 is 20.8 Å². The van der Waals surface area contributed by atoms with Crippen LogP contribution < -0.4 is 10.6 Å². The summed E-state index contributed by atoms with van der Waals surface area (Å²) in [5.74, 6) is -0.269. The van der Waals surface area contributed by atoms with Gasteiger partial charge in [-0.05, 0) is 42.0 Å². The Bertz CT molecular complexity index is 573.